The molecular weight excluding hydrogens is 348 g/mol. The highest BCUT2D eigenvalue weighted by molar-refractivity contribution is 4.81. The van der Waals surface area contributed by atoms with E-state index in [9.17, 15) is 0 Å². The molecule has 0 rings (SSSR count). The van der Waals surface area contributed by atoms with Crippen LogP contribution in [0.15, 0.2) is 12.2 Å². The SMILES string of the molecule is CCCCCCCCCCC/C=C/CCCCCCCCCCCCCCCC. The molecule has 0 heterocycles. The number of hydrogen-bond acceptors (Lipinski definition) is 0. The number of allylic oxidation sites excluding steroid dienone is 2. The molecule has 174 valence electrons. The third kappa shape index (κ3) is 27.7. The minimum absolute atomic E-state index is 1.31. The maximum absolute atomic E-state index is 2.45. The first-order chi connectivity index (χ1) is 14.4. The monoisotopic (exact) mass is 406 g/mol. The topological polar surface area (TPSA) is 0 Å². The summed E-state index contributed by atoms with van der Waals surface area (Å²) in [6.07, 6.45) is 40.9. The fourth-order valence-corrected chi connectivity index (χ4v) is 4.27. The molecular formula is C29H58. The van der Waals surface area contributed by atoms with Crippen molar-refractivity contribution in [1.29, 1.82) is 0 Å². The lowest BCUT2D eigenvalue weighted by Gasteiger charge is -2.03. The number of unbranched alkanes of at least 4 members (excludes halogenated alkanes) is 23. The van der Waals surface area contributed by atoms with Crippen LogP contribution in [0.5, 0.6) is 0 Å². The normalized spacial score (nSPS) is 11.7. The minimum atomic E-state index is 1.31. The molecule has 0 radical (unpaired) electrons. The van der Waals surface area contributed by atoms with E-state index in [1.165, 1.54) is 161 Å². The van der Waals surface area contributed by atoms with E-state index in [1.807, 2.05) is 0 Å². The molecule has 0 aromatic heterocycles. The molecule has 0 aromatic carbocycles. The summed E-state index contributed by atoms with van der Waals surface area (Å²) in [5.41, 5.74) is 0. The quantitative estimate of drug-likeness (QED) is 0.104. The van der Waals surface area contributed by atoms with Crippen molar-refractivity contribution < 1.29 is 0 Å². The van der Waals surface area contributed by atoms with Crippen LogP contribution in [0.2, 0.25) is 0 Å². The summed E-state index contributed by atoms with van der Waals surface area (Å²) in [4.78, 5) is 0. The maximum Gasteiger partial charge on any atom is -0.0351 e. The molecule has 29 heavy (non-hydrogen) atoms. The summed E-state index contributed by atoms with van der Waals surface area (Å²) in [6.45, 7) is 4.60. The van der Waals surface area contributed by atoms with Gasteiger partial charge in [-0.15, -0.1) is 0 Å². The van der Waals surface area contributed by atoms with Gasteiger partial charge >= 0.3 is 0 Å². The Morgan fingerprint density at radius 3 is 0.724 bits per heavy atom. The van der Waals surface area contributed by atoms with Gasteiger partial charge in [0.05, 0.1) is 0 Å². The molecule has 0 atom stereocenters. The highest BCUT2D eigenvalue weighted by Gasteiger charge is 1.94. The number of hydrogen-bond donors (Lipinski definition) is 0. The van der Waals surface area contributed by atoms with Gasteiger partial charge in [-0.05, 0) is 25.7 Å². The Morgan fingerprint density at radius 1 is 0.276 bits per heavy atom. The largest absolute Gasteiger partial charge is 0.0885 e. The fourth-order valence-electron chi connectivity index (χ4n) is 4.27. The molecule has 0 heteroatoms. The Bertz CT molecular complexity index is 290. The van der Waals surface area contributed by atoms with E-state index < -0.39 is 0 Å². The first-order valence-corrected chi connectivity index (χ1v) is 14.1. The van der Waals surface area contributed by atoms with Gasteiger partial charge in [0.25, 0.3) is 0 Å². The summed E-state index contributed by atoms with van der Waals surface area (Å²) in [5.74, 6) is 0. The lowest BCUT2D eigenvalue weighted by atomic mass is 10.0. The standard InChI is InChI=1S/C29H58/c1-3-5-7-9-11-13-15-17-19-21-23-25-27-29-28-26-24-22-20-18-16-14-12-10-8-6-4-2/h23,25H,3-22,24,26-29H2,1-2H3/b25-23+. The van der Waals surface area contributed by atoms with Gasteiger partial charge < -0.3 is 0 Å². The van der Waals surface area contributed by atoms with Crippen LogP contribution in [0.1, 0.15) is 174 Å². The van der Waals surface area contributed by atoms with Crippen LogP contribution in [-0.4, -0.2) is 0 Å². The van der Waals surface area contributed by atoms with Crippen molar-refractivity contribution in [2.45, 2.75) is 174 Å². The van der Waals surface area contributed by atoms with Crippen molar-refractivity contribution in [3.8, 4) is 0 Å². The summed E-state index contributed by atoms with van der Waals surface area (Å²) >= 11 is 0. The second-order valence-electron chi connectivity index (χ2n) is 9.47. The summed E-state index contributed by atoms with van der Waals surface area (Å²) < 4.78 is 0. The summed E-state index contributed by atoms with van der Waals surface area (Å²) in [7, 11) is 0. The van der Waals surface area contributed by atoms with Gasteiger partial charge in [0, 0.05) is 0 Å². The third-order valence-corrected chi connectivity index (χ3v) is 6.37. The molecule has 0 fully saturated rings. The Kier molecular flexibility index (Phi) is 27.5. The first-order valence-electron chi connectivity index (χ1n) is 14.1. The van der Waals surface area contributed by atoms with Crippen LogP contribution in [0.4, 0.5) is 0 Å². The van der Waals surface area contributed by atoms with Gasteiger partial charge in [-0.3, -0.25) is 0 Å². The van der Waals surface area contributed by atoms with Crippen LogP contribution < -0.4 is 0 Å². The Labute approximate surface area is 186 Å². The summed E-state index contributed by atoms with van der Waals surface area (Å²) in [6, 6.07) is 0. The van der Waals surface area contributed by atoms with Gasteiger partial charge in [-0.2, -0.15) is 0 Å². The van der Waals surface area contributed by atoms with Gasteiger partial charge in [0.1, 0.15) is 0 Å². The fraction of sp³-hybridized carbons (Fsp3) is 0.931. The lowest BCUT2D eigenvalue weighted by Crippen LogP contribution is -1.83. The predicted octanol–water partition coefficient (Wildman–Crippen LogP) is 11.3. The molecule has 0 nitrogen and oxygen atoms in total. The number of rotatable bonds is 25. The van der Waals surface area contributed by atoms with Crippen molar-refractivity contribution in [3.63, 3.8) is 0 Å². The first kappa shape index (κ1) is 28.7. The third-order valence-electron chi connectivity index (χ3n) is 6.37. The Hall–Kier alpha value is -0.260. The van der Waals surface area contributed by atoms with Gasteiger partial charge in [0.2, 0.25) is 0 Å². The molecule has 0 aliphatic rings. The van der Waals surface area contributed by atoms with Gasteiger partial charge in [0.15, 0.2) is 0 Å². The van der Waals surface area contributed by atoms with Crippen LogP contribution >= 0.6 is 0 Å². The van der Waals surface area contributed by atoms with E-state index in [2.05, 4.69) is 26.0 Å². The van der Waals surface area contributed by atoms with Crippen molar-refractivity contribution in [1.82, 2.24) is 0 Å². The zero-order chi connectivity index (χ0) is 21.1. The lowest BCUT2D eigenvalue weighted by molar-refractivity contribution is 0.536. The molecule has 0 aliphatic carbocycles. The van der Waals surface area contributed by atoms with Crippen molar-refractivity contribution in [2.75, 3.05) is 0 Å². The van der Waals surface area contributed by atoms with Crippen molar-refractivity contribution in [2.24, 2.45) is 0 Å². The van der Waals surface area contributed by atoms with Crippen LogP contribution in [0.25, 0.3) is 0 Å². The molecule has 0 bridgehead atoms. The molecule has 0 aromatic rings. The Balaban J connectivity index is 3.05. The highest BCUT2D eigenvalue weighted by atomic mass is 14.0. The second-order valence-corrected chi connectivity index (χ2v) is 9.47. The minimum Gasteiger partial charge on any atom is -0.0885 e. The van der Waals surface area contributed by atoms with Crippen LogP contribution in [0.3, 0.4) is 0 Å². The predicted molar refractivity (Wildman–Crippen MR) is 136 cm³/mol. The molecule has 0 aliphatic heterocycles. The molecule has 0 amide bonds. The average molecular weight is 407 g/mol. The summed E-state index contributed by atoms with van der Waals surface area (Å²) in [5, 5.41) is 0. The van der Waals surface area contributed by atoms with Crippen molar-refractivity contribution >= 4 is 0 Å². The second kappa shape index (κ2) is 27.7. The molecule has 0 spiro atoms. The van der Waals surface area contributed by atoms with Crippen LogP contribution in [-0.2, 0) is 0 Å². The Morgan fingerprint density at radius 2 is 0.483 bits per heavy atom. The highest BCUT2D eigenvalue weighted by Crippen LogP contribution is 2.14. The molecule has 0 unspecified atom stereocenters. The van der Waals surface area contributed by atoms with E-state index in [0.717, 1.165) is 0 Å². The zero-order valence-electron chi connectivity index (χ0n) is 20.8. The van der Waals surface area contributed by atoms with Gasteiger partial charge in [-0.25, -0.2) is 0 Å². The van der Waals surface area contributed by atoms with E-state index in [1.54, 1.807) is 0 Å². The van der Waals surface area contributed by atoms with Crippen molar-refractivity contribution in [3.05, 3.63) is 12.2 Å². The zero-order valence-corrected chi connectivity index (χ0v) is 20.8. The van der Waals surface area contributed by atoms with E-state index >= 15 is 0 Å². The average Bonchev–Trinajstić information content (AvgIpc) is 2.74. The molecule has 0 N–H and O–H groups in total. The van der Waals surface area contributed by atoms with E-state index in [-0.39, 0.29) is 0 Å². The van der Waals surface area contributed by atoms with Crippen LogP contribution in [0, 0.1) is 0 Å². The maximum atomic E-state index is 2.45. The molecule has 0 saturated heterocycles. The smallest absolute Gasteiger partial charge is 0.0351 e. The van der Waals surface area contributed by atoms with E-state index in [0.29, 0.717) is 0 Å². The molecule has 0 saturated carbocycles. The van der Waals surface area contributed by atoms with E-state index in [4.69, 9.17) is 0 Å². The van der Waals surface area contributed by atoms with Gasteiger partial charge in [-0.1, -0.05) is 161 Å².